The van der Waals surface area contributed by atoms with Gasteiger partial charge in [-0.2, -0.15) is 0 Å². The van der Waals surface area contributed by atoms with Crippen LogP contribution >= 0.6 is 0 Å². The van der Waals surface area contributed by atoms with Crippen LogP contribution in [0.4, 0.5) is 0 Å². The topological polar surface area (TPSA) is 20.3 Å². The summed E-state index contributed by atoms with van der Waals surface area (Å²) in [5, 5.41) is 0. The largest absolute Gasteiger partial charge is 0.421 e. The molecule has 3 unspecified atom stereocenters. The van der Waals surface area contributed by atoms with Gasteiger partial charge >= 0.3 is 0 Å². The zero-order valence-corrected chi connectivity index (χ0v) is 11.6. The van der Waals surface area contributed by atoms with Gasteiger partial charge in [0, 0.05) is 38.6 Å². The molecule has 1 heterocycles. The summed E-state index contributed by atoms with van der Waals surface area (Å²) < 4.78 is 0. The average Bonchev–Trinajstić information content (AvgIpc) is 2.48. The number of carbonyl (C=O) groups is 1. The minimum absolute atomic E-state index is 0. The maximum Gasteiger partial charge on any atom is 0.226 e. The molecule has 1 aliphatic heterocycles. The predicted octanol–water partition coefficient (Wildman–Crippen LogP) is 1.37. The van der Waals surface area contributed by atoms with Crippen molar-refractivity contribution in [3.8, 4) is 0 Å². The van der Waals surface area contributed by atoms with Crippen molar-refractivity contribution < 1.29 is 37.5 Å². The summed E-state index contributed by atoms with van der Waals surface area (Å²) >= 11 is 0. The van der Waals surface area contributed by atoms with E-state index in [2.05, 4.69) is 6.92 Å². The van der Waals surface area contributed by atoms with Crippen molar-refractivity contribution in [2.75, 3.05) is 0 Å². The zero-order chi connectivity index (χ0) is 8.72. The summed E-state index contributed by atoms with van der Waals surface area (Å²) in [7, 11) is 5.60. The summed E-state index contributed by atoms with van der Waals surface area (Å²) in [6.45, 7) is 3.87. The molecular weight excluding hydrogens is 250 g/mol. The zero-order valence-electron chi connectivity index (χ0n) is 8.78. The van der Waals surface area contributed by atoms with Crippen molar-refractivity contribution in [2.24, 2.45) is 11.8 Å². The van der Waals surface area contributed by atoms with Gasteiger partial charge in [-0.3, -0.25) is 4.79 Å². The van der Waals surface area contributed by atoms with Gasteiger partial charge in [0.2, 0.25) is 13.9 Å². The van der Waals surface area contributed by atoms with Crippen LogP contribution in [0.2, 0.25) is 0 Å². The Bertz CT molecular complexity index is 212. The smallest absolute Gasteiger partial charge is 0.226 e. The number of piperidine rings is 1. The van der Waals surface area contributed by atoms with Crippen molar-refractivity contribution in [1.82, 2.24) is 4.81 Å². The summed E-state index contributed by atoms with van der Waals surface area (Å²) in [6.07, 6.45) is 4.40. The summed E-state index contributed by atoms with van der Waals surface area (Å²) in [6, 6.07) is -0.00292. The van der Waals surface area contributed by atoms with Crippen molar-refractivity contribution in [1.29, 1.82) is 0 Å². The molecule has 2 rings (SSSR count). The van der Waals surface area contributed by atoms with E-state index in [1.807, 2.05) is 0 Å². The van der Waals surface area contributed by atoms with Gasteiger partial charge < -0.3 is 19.2 Å². The first kappa shape index (κ1) is 14.6. The van der Waals surface area contributed by atoms with Crippen LogP contribution in [0.1, 0.15) is 25.7 Å². The third-order valence-electron chi connectivity index (χ3n) is 3.20. The molecule has 3 radical (unpaired) electrons. The number of amides is 1. The number of hydrogen-bond donors (Lipinski definition) is 0. The molecule has 0 N–H and O–H groups in total. The maximum atomic E-state index is 11.6. The van der Waals surface area contributed by atoms with E-state index in [9.17, 15) is 4.79 Å². The molecule has 1 saturated heterocycles. The molecule has 14 heavy (non-hydrogen) atoms. The summed E-state index contributed by atoms with van der Waals surface area (Å²) in [4.78, 5) is 12.9. The van der Waals surface area contributed by atoms with E-state index in [1.165, 1.54) is 17.7 Å². The third-order valence-corrected chi connectivity index (χ3v) is 3.20. The molecular formula is C10H16BNOY-2. The molecule has 0 aromatic heterocycles. The third kappa shape index (κ3) is 2.41. The van der Waals surface area contributed by atoms with E-state index < -0.39 is 0 Å². The molecule has 1 amide bonds. The second-order valence-corrected chi connectivity index (χ2v) is 3.93. The average molecular weight is 266 g/mol. The van der Waals surface area contributed by atoms with E-state index in [0.717, 1.165) is 12.8 Å². The molecule has 1 aliphatic carbocycles. The van der Waals surface area contributed by atoms with E-state index >= 15 is 0 Å². The Kier molecular flexibility index (Phi) is 5.91. The van der Waals surface area contributed by atoms with E-state index in [0.29, 0.717) is 5.92 Å². The Morgan fingerprint density at radius 3 is 2.71 bits per heavy atom. The Balaban J connectivity index is 0.000000845. The van der Waals surface area contributed by atoms with Crippen molar-refractivity contribution in [2.45, 2.75) is 31.7 Å². The second kappa shape index (κ2) is 5.65. The molecule has 4 heteroatoms. The maximum absolute atomic E-state index is 11.6. The number of nitrogens with zero attached hydrogens (tertiary/aromatic N) is 1. The Morgan fingerprint density at radius 2 is 2.07 bits per heavy atom. The van der Waals surface area contributed by atoms with E-state index in [1.54, 1.807) is 0 Å². The molecule has 2 aliphatic rings. The van der Waals surface area contributed by atoms with Gasteiger partial charge in [-0.05, 0) is 18.8 Å². The first-order chi connectivity index (χ1) is 5.70. The summed E-state index contributed by atoms with van der Waals surface area (Å²) in [5.41, 5.74) is 0. The van der Waals surface area contributed by atoms with Crippen LogP contribution in [0.5, 0.6) is 0 Å². The second-order valence-electron chi connectivity index (χ2n) is 3.93. The molecule has 0 aromatic carbocycles. The van der Waals surface area contributed by atoms with Gasteiger partial charge in [0.1, 0.15) is 0 Å². The van der Waals surface area contributed by atoms with Crippen molar-refractivity contribution in [3.05, 3.63) is 14.4 Å². The predicted molar refractivity (Wildman–Crippen MR) is 53.6 cm³/mol. The van der Waals surface area contributed by atoms with Gasteiger partial charge in [0.25, 0.3) is 0 Å². The number of fused-ring (bicyclic) bond motifs is 1. The Labute approximate surface area is 113 Å². The van der Waals surface area contributed by atoms with Gasteiger partial charge in [0.05, 0.1) is 0 Å². The van der Waals surface area contributed by atoms with Crippen LogP contribution in [-0.2, 0) is 37.5 Å². The molecule has 2 fully saturated rings. The van der Waals surface area contributed by atoms with Crippen LogP contribution < -0.4 is 0 Å². The van der Waals surface area contributed by atoms with Gasteiger partial charge in [-0.1, -0.05) is 12.8 Å². The van der Waals surface area contributed by atoms with Crippen LogP contribution in [0.15, 0.2) is 0 Å². The fraction of sp³-hybridized carbons (Fsp3) is 0.700. The van der Waals surface area contributed by atoms with Crippen LogP contribution in [0, 0.1) is 26.2 Å². The fourth-order valence-electron chi connectivity index (χ4n) is 2.48. The van der Waals surface area contributed by atoms with Crippen LogP contribution in [0.25, 0.3) is 0 Å². The van der Waals surface area contributed by atoms with Crippen molar-refractivity contribution in [3.63, 3.8) is 0 Å². The number of carbonyl (C=O) groups excluding carboxylic acids is 1. The van der Waals surface area contributed by atoms with Gasteiger partial charge in [-0.15, -0.1) is 6.04 Å². The Hall–Kier alpha value is 0.639. The molecule has 0 spiro atoms. The number of hydrogen-bond acceptors (Lipinski definition) is 1. The number of rotatable bonds is 0. The molecule has 2 nitrogen and oxygen atoms in total. The Morgan fingerprint density at radius 1 is 1.43 bits per heavy atom. The van der Waals surface area contributed by atoms with Crippen LogP contribution in [-0.4, -0.2) is 24.7 Å². The van der Waals surface area contributed by atoms with Crippen LogP contribution in [0.3, 0.4) is 0 Å². The van der Waals surface area contributed by atoms with E-state index in [-0.39, 0.29) is 58.0 Å². The minimum Gasteiger partial charge on any atom is -0.421 e. The fourth-order valence-corrected chi connectivity index (χ4v) is 2.48. The van der Waals surface area contributed by atoms with Gasteiger partial charge in [-0.25, -0.2) is 0 Å². The monoisotopic (exact) mass is 266 g/mol. The standard InChI is InChI=1S/C9H13BNO.CH3.Y/c1-6-5-7-3-2-4-8(7)9(12)11(6)10;;/h6-8H,1-5H2;1H3;/q2*-1;. The molecule has 3 atom stereocenters. The first-order valence-electron chi connectivity index (χ1n) is 4.61. The SMILES string of the molecule is [B]N1C(=O)C2CCCC2CC1[CH2-].[CH3-].[Y]. The van der Waals surface area contributed by atoms with E-state index in [4.69, 9.17) is 7.98 Å². The molecule has 0 aromatic rings. The molecule has 75 valence electrons. The quantitative estimate of drug-likeness (QED) is 0.479. The normalized spacial score (nSPS) is 35.6. The summed E-state index contributed by atoms with van der Waals surface area (Å²) in [5.74, 6) is 0.900. The van der Waals surface area contributed by atoms with Gasteiger partial charge in [0.15, 0.2) is 0 Å². The first-order valence-corrected chi connectivity index (χ1v) is 4.61. The minimum atomic E-state index is -0.00292. The molecule has 0 bridgehead atoms. The van der Waals surface area contributed by atoms with Crippen molar-refractivity contribution >= 4 is 13.9 Å². The molecule has 1 saturated carbocycles.